The third kappa shape index (κ3) is 3.04. The fraction of sp³-hybridized carbons (Fsp3) is 0.364. The standard InChI is InChI=1S/C11H11ClFNO2S/c12-10-2-1-3-11(13)9(10)6-14-8-4-5-17(15,16)7-8/h1-3,6,8H,4-5,7H2/t8-/m0/s1. The zero-order chi connectivity index (χ0) is 12.5. The molecule has 1 saturated heterocycles. The van der Waals surface area contributed by atoms with E-state index in [0.717, 1.165) is 0 Å². The molecule has 1 heterocycles. The van der Waals surface area contributed by atoms with Crippen molar-refractivity contribution in [2.24, 2.45) is 4.99 Å². The van der Waals surface area contributed by atoms with Gasteiger partial charge >= 0.3 is 0 Å². The summed E-state index contributed by atoms with van der Waals surface area (Å²) in [6.45, 7) is 0. The van der Waals surface area contributed by atoms with Crippen LogP contribution in [0.3, 0.4) is 0 Å². The van der Waals surface area contributed by atoms with E-state index in [1.165, 1.54) is 18.3 Å². The Morgan fingerprint density at radius 2 is 2.24 bits per heavy atom. The number of hydrogen-bond acceptors (Lipinski definition) is 3. The van der Waals surface area contributed by atoms with Gasteiger partial charge in [-0.05, 0) is 18.6 Å². The molecule has 3 nitrogen and oxygen atoms in total. The van der Waals surface area contributed by atoms with Crippen LogP contribution >= 0.6 is 11.6 Å². The molecule has 0 amide bonds. The monoisotopic (exact) mass is 275 g/mol. The van der Waals surface area contributed by atoms with E-state index in [1.54, 1.807) is 6.07 Å². The SMILES string of the molecule is O=S1(=O)CC[C@H](N=Cc2c(F)cccc2Cl)C1. The Bertz CT molecular complexity index is 536. The third-order valence-electron chi connectivity index (χ3n) is 2.62. The molecule has 1 aliphatic rings. The molecule has 0 saturated carbocycles. The van der Waals surface area contributed by atoms with Crippen LogP contribution in [0, 0.1) is 5.82 Å². The topological polar surface area (TPSA) is 46.5 Å². The molecule has 1 atom stereocenters. The Balaban J connectivity index is 2.17. The average Bonchev–Trinajstić information content (AvgIpc) is 2.57. The second kappa shape index (κ2) is 4.74. The Morgan fingerprint density at radius 1 is 1.47 bits per heavy atom. The number of sulfone groups is 1. The van der Waals surface area contributed by atoms with Crippen molar-refractivity contribution >= 4 is 27.7 Å². The fourth-order valence-electron chi connectivity index (χ4n) is 1.71. The van der Waals surface area contributed by atoms with Crippen LogP contribution in [-0.4, -0.2) is 32.2 Å². The number of rotatable bonds is 2. The van der Waals surface area contributed by atoms with Gasteiger partial charge < -0.3 is 0 Å². The summed E-state index contributed by atoms with van der Waals surface area (Å²) in [5.74, 6) is -0.266. The molecule has 0 radical (unpaired) electrons. The Kier molecular flexibility index (Phi) is 3.49. The first-order valence-corrected chi connectivity index (χ1v) is 7.35. The number of nitrogens with zero attached hydrogens (tertiary/aromatic N) is 1. The van der Waals surface area contributed by atoms with Crippen LogP contribution in [0.5, 0.6) is 0 Å². The van der Waals surface area contributed by atoms with Gasteiger partial charge in [-0.15, -0.1) is 0 Å². The Morgan fingerprint density at radius 3 is 2.82 bits per heavy atom. The smallest absolute Gasteiger partial charge is 0.152 e. The van der Waals surface area contributed by atoms with Crippen molar-refractivity contribution in [3.05, 3.63) is 34.6 Å². The normalized spacial score (nSPS) is 23.3. The molecule has 1 aromatic carbocycles. The van der Waals surface area contributed by atoms with Gasteiger partial charge in [0.1, 0.15) is 5.82 Å². The summed E-state index contributed by atoms with van der Waals surface area (Å²) >= 11 is 5.82. The summed E-state index contributed by atoms with van der Waals surface area (Å²) in [5, 5.41) is 0.273. The van der Waals surface area contributed by atoms with Gasteiger partial charge in [0.25, 0.3) is 0 Å². The van der Waals surface area contributed by atoms with Crippen molar-refractivity contribution < 1.29 is 12.8 Å². The first kappa shape index (κ1) is 12.5. The highest BCUT2D eigenvalue weighted by atomic mass is 35.5. The summed E-state index contributed by atoms with van der Waals surface area (Å²) in [6.07, 6.45) is 1.81. The van der Waals surface area contributed by atoms with Gasteiger partial charge in [-0.2, -0.15) is 0 Å². The molecular formula is C11H11ClFNO2S. The molecule has 0 bridgehead atoms. The second-order valence-corrected chi connectivity index (χ2v) is 6.61. The third-order valence-corrected chi connectivity index (χ3v) is 4.70. The second-order valence-electron chi connectivity index (χ2n) is 3.97. The first-order chi connectivity index (χ1) is 7.98. The van der Waals surface area contributed by atoms with Crippen LogP contribution in [-0.2, 0) is 9.84 Å². The van der Waals surface area contributed by atoms with Crippen molar-refractivity contribution in [1.29, 1.82) is 0 Å². The lowest BCUT2D eigenvalue weighted by molar-refractivity contribution is 0.601. The lowest BCUT2D eigenvalue weighted by atomic mass is 10.2. The zero-order valence-corrected chi connectivity index (χ0v) is 10.5. The zero-order valence-electron chi connectivity index (χ0n) is 8.94. The molecular weight excluding hydrogens is 265 g/mol. The van der Waals surface area contributed by atoms with Gasteiger partial charge in [0, 0.05) is 11.8 Å². The van der Waals surface area contributed by atoms with E-state index >= 15 is 0 Å². The van der Waals surface area contributed by atoms with Gasteiger partial charge in [-0.3, -0.25) is 4.99 Å². The van der Waals surface area contributed by atoms with Crippen LogP contribution < -0.4 is 0 Å². The minimum atomic E-state index is -2.96. The summed E-state index contributed by atoms with van der Waals surface area (Å²) < 4.78 is 35.8. The summed E-state index contributed by atoms with van der Waals surface area (Å²) in [5.41, 5.74) is 0.207. The Labute approximate surface area is 104 Å². The van der Waals surface area contributed by atoms with Crippen molar-refractivity contribution in [3.63, 3.8) is 0 Å². The maximum absolute atomic E-state index is 13.4. The lowest BCUT2D eigenvalue weighted by Crippen LogP contribution is -2.08. The van der Waals surface area contributed by atoms with Crippen molar-refractivity contribution in [2.45, 2.75) is 12.5 Å². The molecule has 6 heteroatoms. The molecule has 0 aliphatic carbocycles. The molecule has 1 aromatic rings. The minimum absolute atomic E-state index is 0.0373. The number of benzene rings is 1. The Hall–Kier alpha value is -0.940. The van der Waals surface area contributed by atoms with E-state index in [4.69, 9.17) is 11.6 Å². The van der Waals surface area contributed by atoms with Crippen LogP contribution in [0.2, 0.25) is 5.02 Å². The quantitative estimate of drug-likeness (QED) is 0.776. The summed E-state index contributed by atoms with van der Waals surface area (Å²) in [7, 11) is -2.96. The van der Waals surface area contributed by atoms with Crippen LogP contribution in [0.4, 0.5) is 4.39 Å². The number of halogens is 2. The van der Waals surface area contributed by atoms with E-state index in [1.807, 2.05) is 0 Å². The molecule has 0 N–H and O–H groups in total. The average molecular weight is 276 g/mol. The van der Waals surface area contributed by atoms with Crippen LogP contribution in [0.15, 0.2) is 23.2 Å². The van der Waals surface area contributed by atoms with Crippen molar-refractivity contribution in [1.82, 2.24) is 0 Å². The molecule has 0 aromatic heterocycles. The van der Waals surface area contributed by atoms with Gasteiger partial charge in [0.2, 0.25) is 0 Å². The molecule has 92 valence electrons. The summed E-state index contributed by atoms with van der Waals surface area (Å²) in [6, 6.07) is 4.08. The lowest BCUT2D eigenvalue weighted by Gasteiger charge is -2.02. The van der Waals surface area contributed by atoms with E-state index in [-0.39, 0.29) is 28.1 Å². The predicted octanol–water partition coefficient (Wildman–Crippen LogP) is 2.09. The highest BCUT2D eigenvalue weighted by molar-refractivity contribution is 7.91. The van der Waals surface area contributed by atoms with Gasteiger partial charge in [0.05, 0.1) is 22.6 Å². The molecule has 0 unspecified atom stereocenters. The van der Waals surface area contributed by atoms with E-state index in [9.17, 15) is 12.8 Å². The maximum atomic E-state index is 13.4. The van der Waals surface area contributed by atoms with E-state index in [0.29, 0.717) is 6.42 Å². The minimum Gasteiger partial charge on any atom is -0.288 e. The van der Waals surface area contributed by atoms with Gasteiger partial charge in [0.15, 0.2) is 9.84 Å². The van der Waals surface area contributed by atoms with Gasteiger partial charge in [-0.1, -0.05) is 17.7 Å². The van der Waals surface area contributed by atoms with E-state index in [2.05, 4.69) is 4.99 Å². The molecule has 1 fully saturated rings. The van der Waals surface area contributed by atoms with Crippen LogP contribution in [0.1, 0.15) is 12.0 Å². The fourth-order valence-corrected chi connectivity index (χ4v) is 3.56. The van der Waals surface area contributed by atoms with E-state index < -0.39 is 15.7 Å². The molecule has 1 aliphatic heterocycles. The first-order valence-electron chi connectivity index (χ1n) is 5.15. The highest BCUT2D eigenvalue weighted by Crippen LogP contribution is 2.19. The van der Waals surface area contributed by atoms with Gasteiger partial charge in [-0.25, -0.2) is 12.8 Å². The molecule has 17 heavy (non-hydrogen) atoms. The predicted molar refractivity (Wildman–Crippen MR) is 66.1 cm³/mol. The summed E-state index contributed by atoms with van der Waals surface area (Å²) in [4.78, 5) is 4.08. The largest absolute Gasteiger partial charge is 0.288 e. The van der Waals surface area contributed by atoms with Crippen molar-refractivity contribution in [3.8, 4) is 0 Å². The molecule has 2 rings (SSSR count). The highest BCUT2D eigenvalue weighted by Gasteiger charge is 2.26. The number of hydrogen-bond donors (Lipinski definition) is 0. The van der Waals surface area contributed by atoms with Crippen LogP contribution in [0.25, 0.3) is 0 Å². The maximum Gasteiger partial charge on any atom is 0.152 e. The number of aliphatic imine (C=N–C) groups is 1. The van der Waals surface area contributed by atoms with Crippen molar-refractivity contribution in [2.75, 3.05) is 11.5 Å². The molecule has 0 spiro atoms.